The molecule has 1 unspecified atom stereocenters. The molecule has 1 amide bonds. The molecule has 3 rings (SSSR count). The maximum Gasteiger partial charge on any atom is 0.243 e. The number of carbonyl (C=O) groups excluding carboxylic acids is 1. The Morgan fingerprint density at radius 3 is 2.44 bits per heavy atom. The third-order valence-corrected chi connectivity index (χ3v) is 8.01. The van der Waals surface area contributed by atoms with Gasteiger partial charge in [0, 0.05) is 45.7 Å². The van der Waals surface area contributed by atoms with Crippen LogP contribution in [0.25, 0.3) is 0 Å². The maximum atomic E-state index is 12.8. The average Bonchev–Trinajstić information content (AvgIpc) is 2.77. The normalized spacial score (nSPS) is 21.1. The van der Waals surface area contributed by atoms with E-state index in [1.165, 1.54) is 0 Å². The Hall–Kier alpha value is -1.40. The zero-order valence-corrected chi connectivity index (χ0v) is 21.9. The third-order valence-electron chi connectivity index (χ3n) is 6.10. The van der Waals surface area contributed by atoms with Crippen LogP contribution in [-0.2, 0) is 14.8 Å². The highest BCUT2D eigenvalue weighted by Crippen LogP contribution is 2.24. The van der Waals surface area contributed by atoms with E-state index in [-0.39, 0.29) is 35.8 Å². The van der Waals surface area contributed by atoms with Crippen LogP contribution in [0.15, 0.2) is 40.2 Å². The van der Waals surface area contributed by atoms with E-state index in [1.54, 1.807) is 28.6 Å². The van der Waals surface area contributed by atoms with Crippen molar-refractivity contribution in [1.29, 1.82) is 0 Å². The fraction of sp³-hybridized carbons (Fsp3) is 0.636. The van der Waals surface area contributed by atoms with Crippen molar-refractivity contribution in [1.82, 2.24) is 14.5 Å². The molecular formula is C22H36IN5O3S. The lowest BCUT2D eigenvalue weighted by molar-refractivity contribution is -0.119. The summed E-state index contributed by atoms with van der Waals surface area (Å²) >= 11 is 0. The molecule has 2 aliphatic heterocycles. The Morgan fingerprint density at radius 1 is 1.12 bits per heavy atom. The lowest BCUT2D eigenvalue weighted by Gasteiger charge is -2.35. The predicted molar refractivity (Wildman–Crippen MR) is 137 cm³/mol. The molecule has 3 N–H and O–H groups in total. The number of hydrogen-bond donors (Lipinski definition) is 2. The minimum Gasteiger partial charge on any atom is -0.370 e. The smallest absolute Gasteiger partial charge is 0.243 e. The van der Waals surface area contributed by atoms with Gasteiger partial charge in [0.25, 0.3) is 0 Å². The van der Waals surface area contributed by atoms with Gasteiger partial charge in [0.1, 0.15) is 0 Å². The molecule has 2 fully saturated rings. The Balaban J connectivity index is 0.00000363. The third kappa shape index (κ3) is 7.31. The molecule has 32 heavy (non-hydrogen) atoms. The van der Waals surface area contributed by atoms with E-state index in [4.69, 9.17) is 10.7 Å². The second kappa shape index (κ2) is 12.7. The molecule has 8 nitrogen and oxygen atoms in total. The number of nitrogens with zero attached hydrogens (tertiary/aromatic N) is 3. The summed E-state index contributed by atoms with van der Waals surface area (Å²) in [6.07, 6.45) is 4.08. The van der Waals surface area contributed by atoms with E-state index in [0.29, 0.717) is 36.9 Å². The number of piperidine rings is 2. The number of guanidine groups is 1. The number of benzene rings is 1. The van der Waals surface area contributed by atoms with Gasteiger partial charge in [-0.25, -0.2) is 8.42 Å². The number of carbonyl (C=O) groups is 1. The lowest BCUT2D eigenvalue weighted by atomic mass is 9.95. The van der Waals surface area contributed by atoms with Gasteiger partial charge < -0.3 is 16.0 Å². The highest BCUT2D eigenvalue weighted by Gasteiger charge is 2.29. The van der Waals surface area contributed by atoms with Crippen LogP contribution in [0.2, 0.25) is 0 Å². The number of amides is 1. The van der Waals surface area contributed by atoms with Gasteiger partial charge in [-0.1, -0.05) is 18.2 Å². The highest BCUT2D eigenvalue weighted by atomic mass is 127. The number of likely N-dealkylation sites (tertiary alicyclic amines) is 1. The molecule has 1 aromatic carbocycles. The number of rotatable bonds is 7. The number of sulfonamides is 1. The first kappa shape index (κ1) is 26.8. The standard InChI is InChI=1S/C22H35N5O3S.HI/c1-2-24-22(26-12-6-7-19(17-26)15-21(23)28)25-16-18-10-13-27(14-11-18)31(29,30)20-8-4-3-5-9-20;/h3-5,8-9,18-19H,2,6-7,10-17H2,1H3,(H2,23,28)(H,24,25);1H. The molecule has 1 aromatic rings. The summed E-state index contributed by atoms with van der Waals surface area (Å²) in [6, 6.07) is 8.64. The van der Waals surface area contributed by atoms with E-state index in [1.807, 2.05) is 13.0 Å². The molecule has 1 atom stereocenters. The summed E-state index contributed by atoms with van der Waals surface area (Å²) in [5.74, 6) is 1.28. The Morgan fingerprint density at radius 2 is 1.81 bits per heavy atom. The first-order valence-corrected chi connectivity index (χ1v) is 12.7. The first-order chi connectivity index (χ1) is 14.9. The van der Waals surface area contributed by atoms with Gasteiger partial charge in [-0.3, -0.25) is 9.79 Å². The largest absolute Gasteiger partial charge is 0.370 e. The van der Waals surface area contributed by atoms with Crippen LogP contribution in [0.3, 0.4) is 0 Å². The van der Waals surface area contributed by atoms with Crippen molar-refractivity contribution in [2.75, 3.05) is 39.3 Å². The Bertz CT molecular complexity index is 858. The van der Waals surface area contributed by atoms with Crippen molar-refractivity contribution in [3.8, 4) is 0 Å². The average molecular weight is 578 g/mol. The van der Waals surface area contributed by atoms with Gasteiger partial charge in [0.2, 0.25) is 15.9 Å². The topological polar surface area (TPSA) is 108 Å². The van der Waals surface area contributed by atoms with E-state index in [2.05, 4.69) is 10.2 Å². The lowest BCUT2D eigenvalue weighted by Crippen LogP contribution is -2.47. The molecule has 0 spiro atoms. The minimum absolute atomic E-state index is 0. The van der Waals surface area contributed by atoms with Gasteiger partial charge >= 0.3 is 0 Å². The summed E-state index contributed by atoms with van der Waals surface area (Å²) < 4.78 is 27.2. The number of hydrogen-bond acceptors (Lipinski definition) is 4. The fourth-order valence-electron chi connectivity index (χ4n) is 4.42. The van der Waals surface area contributed by atoms with Crippen LogP contribution in [0.5, 0.6) is 0 Å². The van der Waals surface area contributed by atoms with Crippen molar-refractivity contribution in [2.45, 2.75) is 43.9 Å². The fourth-order valence-corrected chi connectivity index (χ4v) is 5.91. The molecule has 0 saturated carbocycles. The molecule has 10 heteroatoms. The van der Waals surface area contributed by atoms with Crippen molar-refractivity contribution in [3.63, 3.8) is 0 Å². The maximum absolute atomic E-state index is 12.8. The molecule has 0 bridgehead atoms. The summed E-state index contributed by atoms with van der Waals surface area (Å²) in [7, 11) is -3.42. The molecule has 2 heterocycles. The SMILES string of the molecule is CCNC(=NCC1CCN(S(=O)(=O)c2ccccc2)CC1)N1CCCC(CC(N)=O)C1.I. The van der Waals surface area contributed by atoms with Crippen molar-refractivity contribution in [3.05, 3.63) is 30.3 Å². The van der Waals surface area contributed by atoms with Gasteiger partial charge in [-0.15, -0.1) is 24.0 Å². The van der Waals surface area contributed by atoms with E-state index < -0.39 is 10.0 Å². The zero-order chi connectivity index (χ0) is 22.3. The van der Waals surface area contributed by atoms with Crippen LogP contribution in [0.1, 0.15) is 39.0 Å². The highest BCUT2D eigenvalue weighted by molar-refractivity contribution is 14.0. The zero-order valence-electron chi connectivity index (χ0n) is 18.8. The van der Waals surface area contributed by atoms with Crippen LogP contribution >= 0.6 is 24.0 Å². The second-order valence-corrected chi connectivity index (χ2v) is 10.4. The monoisotopic (exact) mass is 577 g/mol. The molecule has 0 aromatic heterocycles. The van der Waals surface area contributed by atoms with Crippen molar-refractivity contribution in [2.24, 2.45) is 22.6 Å². The van der Waals surface area contributed by atoms with Crippen molar-refractivity contribution < 1.29 is 13.2 Å². The summed E-state index contributed by atoms with van der Waals surface area (Å²) in [5.41, 5.74) is 5.39. The van der Waals surface area contributed by atoms with Gasteiger partial charge in [0.15, 0.2) is 5.96 Å². The number of halogens is 1. The summed E-state index contributed by atoms with van der Waals surface area (Å²) in [4.78, 5) is 18.8. The molecule has 180 valence electrons. The number of nitrogens with two attached hydrogens (primary N) is 1. The number of aliphatic imine (C=N–C) groups is 1. The van der Waals surface area contributed by atoms with E-state index in [0.717, 1.165) is 51.3 Å². The predicted octanol–water partition coefficient (Wildman–Crippen LogP) is 2.26. The van der Waals surface area contributed by atoms with Gasteiger partial charge in [-0.2, -0.15) is 4.31 Å². The first-order valence-electron chi connectivity index (χ1n) is 11.3. The molecule has 0 aliphatic carbocycles. The molecular weight excluding hydrogens is 541 g/mol. The van der Waals surface area contributed by atoms with E-state index in [9.17, 15) is 13.2 Å². The minimum atomic E-state index is -3.42. The molecule has 0 radical (unpaired) electrons. The van der Waals surface area contributed by atoms with Crippen LogP contribution < -0.4 is 11.1 Å². The van der Waals surface area contributed by atoms with E-state index >= 15 is 0 Å². The Kier molecular flexibility index (Phi) is 10.7. The van der Waals surface area contributed by atoms with Crippen molar-refractivity contribution >= 4 is 45.9 Å². The van der Waals surface area contributed by atoms with Crippen LogP contribution in [-0.4, -0.2) is 68.8 Å². The Labute approximate surface area is 209 Å². The summed E-state index contributed by atoms with van der Waals surface area (Å²) in [5, 5.41) is 3.37. The number of nitrogens with one attached hydrogen (secondary N) is 1. The summed E-state index contributed by atoms with van der Waals surface area (Å²) in [6.45, 7) is 6.28. The van der Waals surface area contributed by atoms with Gasteiger partial charge in [0.05, 0.1) is 4.90 Å². The molecule has 2 saturated heterocycles. The van der Waals surface area contributed by atoms with Crippen LogP contribution in [0.4, 0.5) is 0 Å². The second-order valence-electron chi connectivity index (χ2n) is 8.48. The number of primary amides is 1. The quantitative estimate of drug-likeness (QED) is 0.294. The van der Waals surface area contributed by atoms with Crippen LogP contribution in [0, 0.1) is 11.8 Å². The van der Waals surface area contributed by atoms with Gasteiger partial charge in [-0.05, 0) is 56.6 Å². The molecule has 2 aliphatic rings.